The van der Waals surface area contributed by atoms with Gasteiger partial charge in [-0.25, -0.2) is 14.8 Å². The van der Waals surface area contributed by atoms with Gasteiger partial charge in [-0.3, -0.25) is 0 Å². The van der Waals surface area contributed by atoms with Crippen LogP contribution in [0.15, 0.2) is 0 Å². The van der Waals surface area contributed by atoms with Gasteiger partial charge in [0.05, 0.1) is 13.6 Å². The third-order valence-electron chi connectivity index (χ3n) is 3.30. The summed E-state index contributed by atoms with van der Waals surface area (Å²) in [7, 11) is -1.35. The lowest BCUT2D eigenvalue weighted by Crippen LogP contribution is -2.61. The standard InChI is InChI=1S/C12H26N2O2Si/c1-12(2,3)14(11(15)16)13-9-7-8-10(13)17(4,5)6/h10H,7-9H2,1-6H3,(H,15,16). The highest BCUT2D eigenvalue weighted by Gasteiger charge is 2.43. The molecule has 0 aromatic carbocycles. The zero-order chi connectivity index (χ0) is 13.4. The fourth-order valence-corrected chi connectivity index (χ4v) is 4.86. The van der Waals surface area contributed by atoms with Crippen molar-refractivity contribution in [3.8, 4) is 0 Å². The van der Waals surface area contributed by atoms with Crippen LogP contribution in [0.3, 0.4) is 0 Å². The minimum absolute atomic E-state index is 0.367. The molecule has 1 saturated heterocycles. The second kappa shape index (κ2) is 4.61. The molecule has 1 unspecified atom stereocenters. The van der Waals surface area contributed by atoms with Crippen LogP contribution in [-0.2, 0) is 0 Å². The molecule has 0 radical (unpaired) electrons. The first-order valence-electron chi connectivity index (χ1n) is 6.35. The van der Waals surface area contributed by atoms with Gasteiger partial charge in [0.1, 0.15) is 0 Å². The summed E-state index contributed by atoms with van der Waals surface area (Å²) in [6, 6.07) is 0. The summed E-state index contributed by atoms with van der Waals surface area (Å²) in [5.41, 5.74) is 0.0754. The van der Waals surface area contributed by atoms with E-state index in [1.54, 1.807) is 5.01 Å². The minimum Gasteiger partial charge on any atom is -0.464 e. The lowest BCUT2D eigenvalue weighted by atomic mass is 10.1. The molecule has 0 spiro atoms. The molecule has 1 aliphatic heterocycles. The first kappa shape index (κ1) is 14.5. The maximum atomic E-state index is 11.5. The van der Waals surface area contributed by atoms with Crippen LogP contribution in [0, 0.1) is 0 Å². The largest absolute Gasteiger partial charge is 0.464 e. The van der Waals surface area contributed by atoms with Gasteiger partial charge in [-0.1, -0.05) is 19.6 Å². The molecule has 0 aromatic rings. The molecule has 4 nitrogen and oxygen atoms in total. The topological polar surface area (TPSA) is 43.8 Å². The summed E-state index contributed by atoms with van der Waals surface area (Å²) in [5.74, 6) is 0. The SMILES string of the molecule is CC(C)(C)N(C(=O)O)N1CCCC1[Si](C)(C)C. The van der Waals surface area contributed by atoms with Crippen molar-refractivity contribution >= 4 is 14.2 Å². The van der Waals surface area contributed by atoms with Crippen LogP contribution in [-0.4, -0.2) is 47.0 Å². The number of hydrogen-bond acceptors (Lipinski definition) is 2. The second-order valence-corrected chi connectivity index (χ2v) is 12.4. The third kappa shape index (κ3) is 3.22. The molecule has 1 rings (SSSR count). The minimum atomic E-state index is -1.35. The van der Waals surface area contributed by atoms with Crippen LogP contribution in [0.5, 0.6) is 0 Å². The average Bonchev–Trinajstić information content (AvgIpc) is 2.47. The number of carbonyl (C=O) groups is 1. The molecule has 0 bridgehead atoms. The first-order valence-corrected chi connectivity index (χ1v) is 9.92. The Morgan fingerprint density at radius 1 is 1.35 bits per heavy atom. The molecular formula is C12H26N2O2Si. The molecule has 1 atom stereocenters. The lowest BCUT2D eigenvalue weighted by Gasteiger charge is -2.45. The molecule has 1 aliphatic rings. The van der Waals surface area contributed by atoms with Gasteiger partial charge in [0, 0.05) is 12.2 Å². The molecule has 1 heterocycles. The molecule has 0 saturated carbocycles. The van der Waals surface area contributed by atoms with E-state index in [9.17, 15) is 9.90 Å². The fraction of sp³-hybridized carbons (Fsp3) is 0.917. The van der Waals surface area contributed by atoms with Crippen LogP contribution >= 0.6 is 0 Å². The van der Waals surface area contributed by atoms with Gasteiger partial charge in [-0.05, 0) is 33.6 Å². The average molecular weight is 258 g/mol. The van der Waals surface area contributed by atoms with Gasteiger partial charge in [-0.15, -0.1) is 0 Å². The summed E-state index contributed by atoms with van der Waals surface area (Å²) < 4.78 is 0. The molecular weight excluding hydrogens is 232 g/mol. The van der Waals surface area contributed by atoms with Crippen molar-refractivity contribution in [3.63, 3.8) is 0 Å². The van der Waals surface area contributed by atoms with E-state index in [0.29, 0.717) is 5.67 Å². The summed E-state index contributed by atoms with van der Waals surface area (Å²) in [6.07, 6.45) is 1.41. The van der Waals surface area contributed by atoms with Crippen LogP contribution in [0.2, 0.25) is 19.6 Å². The van der Waals surface area contributed by atoms with Gasteiger partial charge in [0.15, 0.2) is 0 Å². The Bertz CT molecular complexity index is 294. The number of hydrazine groups is 1. The number of rotatable bonds is 2. The molecule has 100 valence electrons. The zero-order valence-electron chi connectivity index (χ0n) is 11.9. The molecule has 17 heavy (non-hydrogen) atoms. The van der Waals surface area contributed by atoms with E-state index in [-0.39, 0.29) is 5.54 Å². The lowest BCUT2D eigenvalue weighted by molar-refractivity contribution is -0.0608. The van der Waals surface area contributed by atoms with E-state index in [1.807, 2.05) is 20.8 Å². The van der Waals surface area contributed by atoms with E-state index in [1.165, 1.54) is 0 Å². The number of carboxylic acid groups (broad SMARTS) is 1. The molecule has 0 aromatic heterocycles. The summed E-state index contributed by atoms with van der Waals surface area (Å²) >= 11 is 0. The smallest absolute Gasteiger partial charge is 0.422 e. The second-order valence-electron chi connectivity index (χ2n) is 6.95. The third-order valence-corrected chi connectivity index (χ3v) is 5.88. The number of amides is 1. The predicted molar refractivity (Wildman–Crippen MR) is 72.7 cm³/mol. The maximum absolute atomic E-state index is 11.5. The molecule has 1 fully saturated rings. The Labute approximate surface area is 106 Å². The highest BCUT2D eigenvalue weighted by Crippen LogP contribution is 2.30. The van der Waals surface area contributed by atoms with Crippen molar-refractivity contribution in [3.05, 3.63) is 0 Å². The maximum Gasteiger partial charge on any atom is 0.422 e. The van der Waals surface area contributed by atoms with Crippen molar-refractivity contribution < 1.29 is 9.90 Å². The van der Waals surface area contributed by atoms with E-state index >= 15 is 0 Å². The Balaban J connectivity index is 2.99. The Morgan fingerprint density at radius 3 is 2.24 bits per heavy atom. The Morgan fingerprint density at radius 2 is 1.88 bits per heavy atom. The summed E-state index contributed by atoms with van der Waals surface area (Å²) in [5, 5.41) is 13.1. The van der Waals surface area contributed by atoms with Gasteiger partial charge < -0.3 is 5.11 Å². The van der Waals surface area contributed by atoms with E-state index in [4.69, 9.17) is 0 Å². The van der Waals surface area contributed by atoms with Crippen molar-refractivity contribution in [2.45, 2.75) is 64.5 Å². The van der Waals surface area contributed by atoms with E-state index < -0.39 is 14.2 Å². The van der Waals surface area contributed by atoms with Crippen molar-refractivity contribution in [1.29, 1.82) is 0 Å². The highest BCUT2D eigenvalue weighted by molar-refractivity contribution is 6.77. The van der Waals surface area contributed by atoms with Crippen molar-refractivity contribution in [2.75, 3.05) is 6.54 Å². The van der Waals surface area contributed by atoms with Crippen molar-refractivity contribution in [1.82, 2.24) is 10.0 Å². The number of hydrogen-bond donors (Lipinski definition) is 1. The van der Waals surface area contributed by atoms with E-state index in [0.717, 1.165) is 19.4 Å². The Kier molecular flexibility index (Phi) is 3.93. The normalized spacial score (nSPS) is 22.8. The van der Waals surface area contributed by atoms with Crippen LogP contribution in [0.1, 0.15) is 33.6 Å². The van der Waals surface area contributed by atoms with Crippen LogP contribution in [0.25, 0.3) is 0 Å². The zero-order valence-corrected chi connectivity index (χ0v) is 12.9. The first-order chi connectivity index (χ1) is 7.55. The summed E-state index contributed by atoms with van der Waals surface area (Å²) in [6.45, 7) is 13.7. The summed E-state index contributed by atoms with van der Waals surface area (Å²) in [4.78, 5) is 11.5. The van der Waals surface area contributed by atoms with Crippen LogP contribution < -0.4 is 0 Å². The molecule has 0 aliphatic carbocycles. The Hall–Kier alpha value is -0.553. The highest BCUT2D eigenvalue weighted by atomic mass is 28.3. The van der Waals surface area contributed by atoms with E-state index in [2.05, 4.69) is 24.6 Å². The van der Waals surface area contributed by atoms with Gasteiger partial charge in [0.2, 0.25) is 0 Å². The fourth-order valence-electron chi connectivity index (χ4n) is 2.65. The molecule has 1 N–H and O–H groups in total. The predicted octanol–water partition coefficient (Wildman–Crippen LogP) is 3.02. The van der Waals surface area contributed by atoms with Crippen molar-refractivity contribution in [2.24, 2.45) is 0 Å². The van der Waals surface area contributed by atoms with Gasteiger partial charge >= 0.3 is 6.09 Å². The monoisotopic (exact) mass is 258 g/mol. The number of nitrogens with zero attached hydrogens (tertiary/aromatic N) is 2. The van der Waals surface area contributed by atoms with Gasteiger partial charge in [0.25, 0.3) is 0 Å². The quantitative estimate of drug-likeness (QED) is 0.774. The van der Waals surface area contributed by atoms with Crippen LogP contribution in [0.4, 0.5) is 4.79 Å². The molecule has 5 heteroatoms. The molecule has 1 amide bonds. The van der Waals surface area contributed by atoms with Gasteiger partial charge in [-0.2, -0.15) is 0 Å².